The lowest BCUT2D eigenvalue weighted by Gasteiger charge is -2.29. The number of amides is 4. The number of rotatable bonds is 14. The predicted molar refractivity (Wildman–Crippen MR) is 199 cm³/mol. The second-order valence-corrected chi connectivity index (χ2v) is 12.7. The van der Waals surface area contributed by atoms with Crippen LogP contribution in [0.1, 0.15) is 95.1 Å². The Bertz CT molecular complexity index is 1800. The molecule has 1 unspecified atom stereocenters. The monoisotopic (exact) mass is 694 g/mol. The quantitative estimate of drug-likeness (QED) is 0.156. The molecule has 11 nitrogen and oxygen atoms in total. The number of aliphatic hydroxyl groups excluding tert-OH is 1. The van der Waals surface area contributed by atoms with Gasteiger partial charge in [0, 0.05) is 51.1 Å². The minimum Gasteiger partial charge on any atom is -0.400 e. The normalized spacial score (nSPS) is 12.6. The predicted octanol–water partition coefficient (Wildman–Crippen LogP) is 5.63. The number of carbonyl (C=O) groups excluding carboxylic acids is 4. The molecule has 1 aliphatic heterocycles. The zero-order chi connectivity index (χ0) is 36.9. The second kappa shape index (κ2) is 18.6. The molecular formula is C40H50N6O5. The number of aliphatic hydroxyl groups is 1. The minimum absolute atomic E-state index is 0.130. The molecule has 51 heavy (non-hydrogen) atoms. The van der Waals surface area contributed by atoms with Gasteiger partial charge in [-0.05, 0) is 67.1 Å². The van der Waals surface area contributed by atoms with Crippen LogP contribution in [0, 0.1) is 6.92 Å². The first-order valence-corrected chi connectivity index (χ1v) is 17.6. The van der Waals surface area contributed by atoms with Crippen molar-refractivity contribution in [2.75, 3.05) is 32.1 Å². The van der Waals surface area contributed by atoms with Gasteiger partial charge in [-0.2, -0.15) is 5.10 Å². The number of hydrogen-bond donors (Lipinski definition) is 3. The summed E-state index contributed by atoms with van der Waals surface area (Å²) in [7, 11) is 1.00. The number of anilines is 1. The Balaban J connectivity index is 0.00000286. The largest absolute Gasteiger partial charge is 0.400 e. The SMILES string of the molecule is CCCCN(CCCC)C(=O)c1cc(C)n(-c2ccc(NC(=O)C(CC(N)=O)c3ccccc3)cc2C(=O)N2CCc3ccccc3C2)n1.CO. The summed E-state index contributed by atoms with van der Waals surface area (Å²) in [6, 6.07) is 24.0. The zero-order valence-electron chi connectivity index (χ0n) is 30.1. The van der Waals surface area contributed by atoms with E-state index in [4.69, 9.17) is 15.9 Å². The Hall–Kier alpha value is -5.29. The molecule has 0 fully saturated rings. The molecule has 4 N–H and O–H groups in total. The van der Waals surface area contributed by atoms with Crippen LogP contribution in [0.15, 0.2) is 78.9 Å². The summed E-state index contributed by atoms with van der Waals surface area (Å²) in [5, 5.41) is 14.7. The molecule has 1 aliphatic rings. The van der Waals surface area contributed by atoms with E-state index in [2.05, 4.69) is 25.2 Å². The third-order valence-electron chi connectivity index (χ3n) is 9.02. The van der Waals surface area contributed by atoms with E-state index < -0.39 is 17.7 Å². The van der Waals surface area contributed by atoms with Crippen LogP contribution in [0.5, 0.6) is 0 Å². The maximum absolute atomic E-state index is 14.4. The highest BCUT2D eigenvalue weighted by Gasteiger charge is 2.28. The first-order chi connectivity index (χ1) is 24.7. The summed E-state index contributed by atoms with van der Waals surface area (Å²) in [6.45, 7) is 8.38. The van der Waals surface area contributed by atoms with Gasteiger partial charge in [0.05, 0.1) is 17.2 Å². The van der Waals surface area contributed by atoms with Crippen LogP contribution < -0.4 is 11.1 Å². The van der Waals surface area contributed by atoms with Gasteiger partial charge in [-0.1, -0.05) is 81.3 Å². The molecule has 5 rings (SSSR count). The molecule has 1 aromatic heterocycles. The Morgan fingerprint density at radius 2 is 1.55 bits per heavy atom. The Kier molecular flexibility index (Phi) is 14.1. The van der Waals surface area contributed by atoms with Crippen molar-refractivity contribution in [2.45, 2.75) is 71.8 Å². The van der Waals surface area contributed by atoms with E-state index in [-0.39, 0.29) is 18.2 Å². The molecule has 3 aromatic carbocycles. The number of fused-ring (bicyclic) bond motifs is 1. The summed E-state index contributed by atoms with van der Waals surface area (Å²) in [5.41, 5.74) is 10.8. The highest BCUT2D eigenvalue weighted by Crippen LogP contribution is 2.28. The molecule has 270 valence electrons. The first-order valence-electron chi connectivity index (χ1n) is 17.6. The van der Waals surface area contributed by atoms with E-state index in [1.807, 2.05) is 36.1 Å². The zero-order valence-corrected chi connectivity index (χ0v) is 30.1. The lowest BCUT2D eigenvalue weighted by molar-refractivity contribution is -0.123. The molecule has 4 aromatic rings. The van der Waals surface area contributed by atoms with Crippen molar-refractivity contribution in [3.63, 3.8) is 0 Å². The number of aryl methyl sites for hydroxylation is 1. The smallest absolute Gasteiger partial charge is 0.274 e. The number of nitrogens with zero attached hydrogens (tertiary/aromatic N) is 4. The van der Waals surface area contributed by atoms with E-state index in [1.54, 1.807) is 58.1 Å². The minimum atomic E-state index is -0.804. The van der Waals surface area contributed by atoms with E-state index in [0.29, 0.717) is 60.1 Å². The number of hydrogen-bond acceptors (Lipinski definition) is 6. The van der Waals surface area contributed by atoms with Gasteiger partial charge in [-0.3, -0.25) is 19.2 Å². The van der Waals surface area contributed by atoms with Gasteiger partial charge in [-0.15, -0.1) is 0 Å². The number of carbonyl (C=O) groups is 4. The van der Waals surface area contributed by atoms with Gasteiger partial charge in [0.25, 0.3) is 11.8 Å². The fraction of sp³-hybridized carbons (Fsp3) is 0.375. The molecular weight excluding hydrogens is 644 g/mol. The van der Waals surface area contributed by atoms with Crippen molar-refractivity contribution < 1.29 is 24.3 Å². The van der Waals surface area contributed by atoms with E-state index in [1.165, 1.54) is 5.56 Å². The average molecular weight is 695 g/mol. The molecule has 0 saturated heterocycles. The van der Waals surface area contributed by atoms with Crippen molar-refractivity contribution in [2.24, 2.45) is 5.73 Å². The van der Waals surface area contributed by atoms with Gasteiger partial charge in [-0.25, -0.2) is 4.68 Å². The van der Waals surface area contributed by atoms with Crippen LogP contribution in [0.2, 0.25) is 0 Å². The van der Waals surface area contributed by atoms with Crippen LogP contribution >= 0.6 is 0 Å². The van der Waals surface area contributed by atoms with Crippen molar-refractivity contribution in [1.82, 2.24) is 19.6 Å². The van der Waals surface area contributed by atoms with Crippen molar-refractivity contribution in [1.29, 1.82) is 0 Å². The Morgan fingerprint density at radius 3 is 2.20 bits per heavy atom. The van der Waals surface area contributed by atoms with E-state index in [0.717, 1.165) is 44.8 Å². The van der Waals surface area contributed by atoms with Gasteiger partial charge < -0.3 is 26.0 Å². The third kappa shape index (κ3) is 9.70. The van der Waals surface area contributed by atoms with Gasteiger partial charge >= 0.3 is 0 Å². The maximum Gasteiger partial charge on any atom is 0.274 e. The maximum atomic E-state index is 14.4. The molecule has 0 spiro atoms. The highest BCUT2D eigenvalue weighted by atomic mass is 16.2. The summed E-state index contributed by atoms with van der Waals surface area (Å²) < 4.78 is 1.64. The fourth-order valence-electron chi connectivity index (χ4n) is 6.28. The summed E-state index contributed by atoms with van der Waals surface area (Å²) in [6.07, 6.45) is 4.34. The summed E-state index contributed by atoms with van der Waals surface area (Å²) in [4.78, 5) is 57.2. The Labute approximate surface area is 300 Å². The highest BCUT2D eigenvalue weighted by molar-refractivity contribution is 6.02. The molecule has 1 atom stereocenters. The van der Waals surface area contributed by atoms with Crippen molar-refractivity contribution in [3.8, 4) is 5.69 Å². The lowest BCUT2D eigenvalue weighted by atomic mass is 9.94. The summed E-state index contributed by atoms with van der Waals surface area (Å²) in [5.74, 6) is -2.16. The lowest BCUT2D eigenvalue weighted by Crippen LogP contribution is -2.36. The number of benzene rings is 3. The Morgan fingerprint density at radius 1 is 0.902 bits per heavy atom. The third-order valence-corrected chi connectivity index (χ3v) is 9.02. The van der Waals surface area contributed by atoms with Gasteiger partial charge in [0.2, 0.25) is 11.8 Å². The van der Waals surface area contributed by atoms with E-state index in [9.17, 15) is 19.2 Å². The van der Waals surface area contributed by atoms with Crippen molar-refractivity contribution in [3.05, 3.63) is 113 Å². The number of aromatic nitrogens is 2. The number of unbranched alkanes of at least 4 members (excludes halogenated alkanes) is 2. The summed E-state index contributed by atoms with van der Waals surface area (Å²) >= 11 is 0. The molecule has 0 radical (unpaired) electrons. The first kappa shape index (κ1) is 38.5. The number of nitrogens with two attached hydrogens (primary N) is 1. The van der Waals surface area contributed by atoms with Crippen LogP contribution in [0.4, 0.5) is 5.69 Å². The van der Waals surface area contributed by atoms with E-state index >= 15 is 0 Å². The van der Waals surface area contributed by atoms with Crippen LogP contribution in [0.25, 0.3) is 5.69 Å². The standard InChI is InChI=1S/C39H46N6O4.CH4O/c1-4-6-20-43(21-7-5-2)39(49)34-23-27(3)45(42-34)35-18-17-31(41-37(47)32(25-36(40)46)29-14-9-8-10-15-29)24-33(35)38(48)44-22-19-28-13-11-12-16-30(28)26-44;1-2/h8-18,23-24,32H,4-7,19-22,25-26H2,1-3H3,(H2,40,46)(H,41,47);2H,1H3. The topological polar surface area (TPSA) is 151 Å². The molecule has 0 bridgehead atoms. The molecule has 4 amide bonds. The second-order valence-electron chi connectivity index (χ2n) is 12.7. The van der Waals surface area contributed by atoms with Crippen LogP contribution in [-0.4, -0.2) is 75.1 Å². The van der Waals surface area contributed by atoms with Crippen LogP contribution in [-0.2, 0) is 22.6 Å². The molecule has 11 heteroatoms. The van der Waals surface area contributed by atoms with Gasteiger partial charge in [0.15, 0.2) is 5.69 Å². The molecule has 0 aliphatic carbocycles. The number of primary amides is 1. The van der Waals surface area contributed by atoms with Crippen LogP contribution in [0.3, 0.4) is 0 Å². The van der Waals surface area contributed by atoms with Crippen molar-refractivity contribution >= 4 is 29.3 Å². The molecule has 2 heterocycles. The average Bonchev–Trinajstić information content (AvgIpc) is 3.55. The number of nitrogens with one attached hydrogen (secondary N) is 1. The molecule has 0 saturated carbocycles. The van der Waals surface area contributed by atoms with Gasteiger partial charge in [0.1, 0.15) is 0 Å². The fourth-order valence-corrected chi connectivity index (χ4v) is 6.28.